The number of aromatic nitrogens is 2. The van der Waals surface area contributed by atoms with Gasteiger partial charge in [-0.3, -0.25) is 4.79 Å². The zero-order valence-electron chi connectivity index (χ0n) is 16.8. The zero-order chi connectivity index (χ0) is 20.5. The molecule has 1 aromatic heterocycles. The van der Waals surface area contributed by atoms with Crippen LogP contribution in [0.2, 0.25) is 0 Å². The van der Waals surface area contributed by atoms with Gasteiger partial charge >= 0.3 is 0 Å². The third-order valence-electron chi connectivity index (χ3n) is 5.37. The molecule has 0 unspecified atom stereocenters. The number of aryl methyl sites for hydroxylation is 2. The van der Waals surface area contributed by atoms with Crippen molar-refractivity contribution in [1.82, 2.24) is 14.9 Å². The number of carbonyl (C=O) groups excluding carboxylic acids is 1. The minimum atomic E-state index is -0.480. The topological polar surface area (TPSA) is 58.6 Å². The number of carbonyl (C=O) groups is 1. The molecule has 7 heteroatoms. The number of methoxy groups -OCH3 is 1. The van der Waals surface area contributed by atoms with Crippen LogP contribution in [0.5, 0.6) is 5.75 Å². The van der Waals surface area contributed by atoms with Crippen LogP contribution in [-0.2, 0) is 0 Å². The quantitative estimate of drug-likeness (QED) is 0.682. The fourth-order valence-corrected chi connectivity index (χ4v) is 3.67. The molecule has 0 bridgehead atoms. The van der Waals surface area contributed by atoms with E-state index in [9.17, 15) is 9.18 Å². The molecule has 1 aliphatic heterocycles. The van der Waals surface area contributed by atoms with Crippen molar-refractivity contribution in [3.63, 3.8) is 0 Å². The first kappa shape index (κ1) is 19.1. The fourth-order valence-electron chi connectivity index (χ4n) is 3.67. The average molecular weight is 394 g/mol. The van der Waals surface area contributed by atoms with Crippen LogP contribution in [0.15, 0.2) is 36.4 Å². The molecular formula is C22H23FN4O2. The van der Waals surface area contributed by atoms with Gasteiger partial charge in [0.2, 0.25) is 0 Å². The summed E-state index contributed by atoms with van der Waals surface area (Å²) in [5, 5.41) is 0. The second kappa shape index (κ2) is 7.66. The summed E-state index contributed by atoms with van der Waals surface area (Å²) in [6, 6.07) is 10.4. The molecule has 150 valence electrons. The predicted octanol–water partition coefficient (Wildman–Crippen LogP) is 3.36. The molecule has 2 aromatic carbocycles. The molecule has 6 nitrogen and oxygen atoms in total. The van der Waals surface area contributed by atoms with Gasteiger partial charge < -0.3 is 14.5 Å². The second-order valence-corrected chi connectivity index (χ2v) is 7.17. The summed E-state index contributed by atoms with van der Waals surface area (Å²) in [6.45, 7) is 6.07. The van der Waals surface area contributed by atoms with Crippen molar-refractivity contribution in [1.29, 1.82) is 0 Å². The van der Waals surface area contributed by atoms with Crippen LogP contribution in [-0.4, -0.2) is 54.1 Å². The Morgan fingerprint density at radius 2 is 1.72 bits per heavy atom. The second-order valence-electron chi connectivity index (χ2n) is 7.17. The van der Waals surface area contributed by atoms with E-state index in [0.717, 1.165) is 22.8 Å². The number of rotatable bonds is 3. The van der Waals surface area contributed by atoms with Gasteiger partial charge in [-0.25, -0.2) is 14.4 Å². The number of para-hydroxylation sites is 2. The molecule has 0 atom stereocenters. The number of anilines is 1. The minimum Gasteiger partial charge on any atom is -0.495 e. The molecule has 1 fully saturated rings. The van der Waals surface area contributed by atoms with Crippen LogP contribution in [0, 0.1) is 19.7 Å². The van der Waals surface area contributed by atoms with E-state index in [1.807, 2.05) is 38.1 Å². The van der Waals surface area contributed by atoms with E-state index in [4.69, 9.17) is 4.74 Å². The Labute approximate surface area is 168 Å². The minimum absolute atomic E-state index is 0.216. The molecule has 4 rings (SSSR count). The molecule has 0 aliphatic carbocycles. The van der Waals surface area contributed by atoms with Crippen LogP contribution in [0.25, 0.3) is 11.0 Å². The van der Waals surface area contributed by atoms with Gasteiger partial charge in [-0.15, -0.1) is 0 Å². The molecule has 3 aromatic rings. The van der Waals surface area contributed by atoms with E-state index in [1.54, 1.807) is 12.0 Å². The number of ether oxygens (including phenoxy) is 1. The largest absolute Gasteiger partial charge is 0.495 e. The number of nitrogens with zero attached hydrogens (tertiary/aromatic N) is 4. The van der Waals surface area contributed by atoms with Gasteiger partial charge in [0.1, 0.15) is 17.1 Å². The van der Waals surface area contributed by atoms with Crippen LogP contribution in [0.1, 0.15) is 21.7 Å². The van der Waals surface area contributed by atoms with Crippen LogP contribution in [0.3, 0.4) is 0 Å². The van der Waals surface area contributed by atoms with Crippen LogP contribution in [0.4, 0.5) is 10.1 Å². The predicted molar refractivity (Wildman–Crippen MR) is 110 cm³/mol. The molecule has 0 saturated carbocycles. The molecule has 0 spiro atoms. The molecule has 0 radical (unpaired) electrons. The molecule has 2 heterocycles. The third kappa shape index (κ3) is 3.60. The van der Waals surface area contributed by atoms with E-state index < -0.39 is 5.82 Å². The van der Waals surface area contributed by atoms with E-state index >= 15 is 0 Å². The Bertz CT molecular complexity index is 1080. The summed E-state index contributed by atoms with van der Waals surface area (Å²) in [7, 11) is 1.65. The smallest absolute Gasteiger partial charge is 0.256 e. The summed E-state index contributed by atoms with van der Waals surface area (Å²) >= 11 is 0. The van der Waals surface area contributed by atoms with Crippen molar-refractivity contribution < 1.29 is 13.9 Å². The van der Waals surface area contributed by atoms with E-state index in [-0.39, 0.29) is 11.5 Å². The zero-order valence-corrected chi connectivity index (χ0v) is 16.8. The third-order valence-corrected chi connectivity index (χ3v) is 5.37. The Morgan fingerprint density at radius 1 is 1.03 bits per heavy atom. The van der Waals surface area contributed by atoms with Gasteiger partial charge in [-0.05, 0) is 32.0 Å². The number of hydrogen-bond acceptors (Lipinski definition) is 5. The lowest BCUT2D eigenvalue weighted by Gasteiger charge is -2.36. The van der Waals surface area contributed by atoms with Crippen molar-refractivity contribution in [2.75, 3.05) is 38.2 Å². The van der Waals surface area contributed by atoms with E-state index in [1.165, 1.54) is 12.1 Å². The average Bonchev–Trinajstić information content (AvgIpc) is 2.74. The number of fused-ring (bicyclic) bond motifs is 1. The highest BCUT2D eigenvalue weighted by Gasteiger charge is 2.26. The van der Waals surface area contributed by atoms with Gasteiger partial charge in [-0.1, -0.05) is 12.1 Å². The van der Waals surface area contributed by atoms with Gasteiger partial charge in [-0.2, -0.15) is 0 Å². The van der Waals surface area contributed by atoms with Gasteiger partial charge in [0.15, 0.2) is 0 Å². The van der Waals surface area contributed by atoms with Gasteiger partial charge in [0.25, 0.3) is 5.91 Å². The summed E-state index contributed by atoms with van der Waals surface area (Å²) in [6.07, 6.45) is 0. The lowest BCUT2D eigenvalue weighted by Crippen LogP contribution is -2.49. The number of piperazine rings is 1. The highest BCUT2D eigenvalue weighted by atomic mass is 19.1. The first-order valence-corrected chi connectivity index (χ1v) is 9.59. The molecule has 1 saturated heterocycles. The molecule has 1 aliphatic rings. The van der Waals surface area contributed by atoms with E-state index in [0.29, 0.717) is 37.2 Å². The lowest BCUT2D eigenvalue weighted by atomic mass is 10.1. The first-order chi connectivity index (χ1) is 14.0. The SMILES string of the molecule is COc1ccccc1N1CCN(C(=O)c2cc(F)cc3nc(C)c(C)nc23)CC1. The van der Waals surface area contributed by atoms with Crippen LogP contribution < -0.4 is 9.64 Å². The molecule has 0 N–H and O–H groups in total. The molecule has 29 heavy (non-hydrogen) atoms. The summed E-state index contributed by atoms with van der Waals surface area (Å²) in [5.74, 6) is 0.113. The Morgan fingerprint density at radius 3 is 2.45 bits per heavy atom. The standard InChI is InChI=1S/C22H23FN4O2/c1-14-15(2)25-21-17(12-16(23)13-18(21)24-14)22(28)27-10-8-26(9-11-27)19-6-4-5-7-20(19)29-3/h4-7,12-13H,8-11H2,1-3H3. The van der Waals surface area contributed by atoms with Crippen molar-refractivity contribution in [3.05, 3.63) is 59.2 Å². The summed E-state index contributed by atoms with van der Waals surface area (Å²) in [5.41, 5.74) is 3.60. The first-order valence-electron chi connectivity index (χ1n) is 9.59. The summed E-state index contributed by atoms with van der Waals surface area (Å²) < 4.78 is 19.6. The maximum absolute atomic E-state index is 14.2. The normalized spacial score (nSPS) is 14.3. The lowest BCUT2D eigenvalue weighted by molar-refractivity contribution is 0.0748. The summed E-state index contributed by atoms with van der Waals surface area (Å²) in [4.78, 5) is 26.0. The van der Waals surface area contributed by atoms with Crippen molar-refractivity contribution in [2.24, 2.45) is 0 Å². The monoisotopic (exact) mass is 394 g/mol. The van der Waals surface area contributed by atoms with Crippen molar-refractivity contribution >= 4 is 22.6 Å². The van der Waals surface area contributed by atoms with Crippen molar-refractivity contribution in [3.8, 4) is 5.75 Å². The molecular weight excluding hydrogens is 371 g/mol. The number of amides is 1. The number of halogens is 1. The van der Waals surface area contributed by atoms with Crippen LogP contribution >= 0.6 is 0 Å². The molecule has 1 amide bonds. The van der Waals surface area contributed by atoms with Gasteiger partial charge in [0.05, 0.1) is 35.3 Å². The Hall–Kier alpha value is -3.22. The van der Waals surface area contributed by atoms with E-state index in [2.05, 4.69) is 14.9 Å². The fraction of sp³-hybridized carbons (Fsp3) is 0.318. The Kier molecular flexibility index (Phi) is 5.05. The highest BCUT2D eigenvalue weighted by Crippen LogP contribution is 2.29. The maximum Gasteiger partial charge on any atom is 0.256 e. The number of benzene rings is 2. The highest BCUT2D eigenvalue weighted by molar-refractivity contribution is 6.04. The Balaban J connectivity index is 1.58. The maximum atomic E-state index is 14.2. The van der Waals surface area contributed by atoms with Crippen molar-refractivity contribution in [2.45, 2.75) is 13.8 Å². The number of hydrogen-bond donors (Lipinski definition) is 0. The van der Waals surface area contributed by atoms with Gasteiger partial charge in [0, 0.05) is 32.2 Å².